The van der Waals surface area contributed by atoms with E-state index in [4.69, 9.17) is 4.74 Å². The average molecular weight is 632 g/mol. The van der Waals surface area contributed by atoms with Crippen molar-refractivity contribution in [3.05, 3.63) is 88.6 Å². The number of hydrogen-bond acceptors (Lipinski definition) is 7. The highest BCUT2D eigenvalue weighted by Crippen LogP contribution is 2.39. The van der Waals surface area contributed by atoms with Crippen LogP contribution in [0.2, 0.25) is 0 Å². The Morgan fingerprint density at radius 3 is 2.20 bits per heavy atom. The van der Waals surface area contributed by atoms with Gasteiger partial charge in [-0.25, -0.2) is 4.98 Å². The summed E-state index contributed by atoms with van der Waals surface area (Å²) in [6.45, 7) is 9.49. The SMILES string of the molecule is C=CCCC(Nc1nc(C(=O)NNC(=O)[C@@](CC=C)(OCc2ccccc2)C(F)(F)F)c([N+](=O)[O-])cc1C(F)(F)F)C(C)C. The van der Waals surface area contributed by atoms with Crippen LogP contribution in [0, 0.1) is 16.0 Å². The van der Waals surface area contributed by atoms with Crippen LogP contribution in [0.25, 0.3) is 0 Å². The maximum Gasteiger partial charge on any atom is 0.427 e. The van der Waals surface area contributed by atoms with Gasteiger partial charge in [0.2, 0.25) is 11.3 Å². The summed E-state index contributed by atoms with van der Waals surface area (Å²) in [6.07, 6.45) is -8.61. The fourth-order valence-electron chi connectivity index (χ4n) is 3.98. The molecule has 0 fully saturated rings. The van der Waals surface area contributed by atoms with Crippen LogP contribution in [0.15, 0.2) is 61.7 Å². The average Bonchev–Trinajstić information content (AvgIpc) is 2.94. The zero-order valence-corrected chi connectivity index (χ0v) is 23.7. The summed E-state index contributed by atoms with van der Waals surface area (Å²) in [6, 6.07) is 6.97. The number of carbonyl (C=O) groups excluding carboxylic acids is 2. The molecule has 240 valence electrons. The van der Waals surface area contributed by atoms with E-state index in [1.807, 2.05) is 0 Å². The van der Waals surface area contributed by atoms with Gasteiger partial charge in [-0.15, -0.1) is 13.2 Å². The third-order valence-electron chi connectivity index (χ3n) is 6.40. The molecule has 0 radical (unpaired) electrons. The topological polar surface area (TPSA) is 135 Å². The Balaban J connectivity index is 2.48. The summed E-state index contributed by atoms with van der Waals surface area (Å²) in [4.78, 5) is 39.7. The second-order valence-corrected chi connectivity index (χ2v) is 9.87. The fraction of sp³-hybridized carbons (Fsp3) is 0.393. The summed E-state index contributed by atoms with van der Waals surface area (Å²) in [5.41, 5.74) is -4.35. The molecule has 1 aromatic heterocycles. The Hall–Kier alpha value is -4.47. The molecular weight excluding hydrogens is 600 g/mol. The van der Waals surface area contributed by atoms with Gasteiger partial charge < -0.3 is 10.1 Å². The highest BCUT2D eigenvalue weighted by atomic mass is 19.4. The molecule has 1 aromatic carbocycles. The molecule has 2 rings (SSSR count). The number of nitro groups is 1. The number of alkyl halides is 6. The number of allylic oxidation sites excluding steroid dienone is 1. The molecule has 2 amide bonds. The van der Waals surface area contributed by atoms with E-state index >= 15 is 0 Å². The zero-order chi connectivity index (χ0) is 33.3. The molecule has 1 unspecified atom stereocenters. The molecule has 2 aromatic rings. The largest absolute Gasteiger partial charge is 0.427 e. The number of carbonyl (C=O) groups is 2. The van der Waals surface area contributed by atoms with Crippen molar-refractivity contribution in [2.75, 3.05) is 5.32 Å². The first-order valence-electron chi connectivity index (χ1n) is 13.1. The Morgan fingerprint density at radius 2 is 1.70 bits per heavy atom. The van der Waals surface area contributed by atoms with Gasteiger partial charge >= 0.3 is 18.0 Å². The Morgan fingerprint density at radius 1 is 1.07 bits per heavy atom. The number of aromatic nitrogens is 1. The minimum absolute atomic E-state index is 0.0810. The molecule has 0 bridgehead atoms. The quantitative estimate of drug-likeness (QED) is 0.0969. The van der Waals surface area contributed by atoms with Crippen molar-refractivity contribution >= 4 is 23.3 Å². The Labute approximate surface area is 248 Å². The highest BCUT2D eigenvalue weighted by Gasteiger charge is 2.61. The van der Waals surface area contributed by atoms with Gasteiger partial charge in [0, 0.05) is 18.5 Å². The molecule has 0 aliphatic carbocycles. The van der Waals surface area contributed by atoms with Crippen molar-refractivity contribution in [1.82, 2.24) is 15.8 Å². The maximum atomic E-state index is 14.2. The zero-order valence-electron chi connectivity index (χ0n) is 23.7. The summed E-state index contributed by atoms with van der Waals surface area (Å²) in [7, 11) is 0. The second-order valence-electron chi connectivity index (χ2n) is 9.87. The van der Waals surface area contributed by atoms with Crippen LogP contribution in [0.1, 0.15) is 54.7 Å². The van der Waals surface area contributed by atoms with E-state index < -0.39 is 76.5 Å². The van der Waals surface area contributed by atoms with Crippen LogP contribution in [0.3, 0.4) is 0 Å². The van der Waals surface area contributed by atoms with Gasteiger partial charge in [-0.05, 0) is 24.3 Å². The monoisotopic (exact) mass is 631 g/mol. The Kier molecular flexibility index (Phi) is 12.0. The van der Waals surface area contributed by atoms with Gasteiger partial charge in [0.15, 0.2) is 0 Å². The Bertz CT molecular complexity index is 1350. The predicted octanol–water partition coefficient (Wildman–Crippen LogP) is 6.27. The van der Waals surface area contributed by atoms with E-state index in [1.54, 1.807) is 25.3 Å². The number of halogens is 6. The van der Waals surface area contributed by atoms with Crippen LogP contribution in [0.5, 0.6) is 0 Å². The fourth-order valence-corrected chi connectivity index (χ4v) is 3.98. The third kappa shape index (κ3) is 8.78. The number of amides is 2. The lowest BCUT2D eigenvalue weighted by Crippen LogP contribution is -2.61. The summed E-state index contributed by atoms with van der Waals surface area (Å²) >= 11 is 0. The number of nitrogens with zero attached hydrogens (tertiary/aromatic N) is 2. The summed E-state index contributed by atoms with van der Waals surface area (Å²) < 4.78 is 89.4. The third-order valence-corrected chi connectivity index (χ3v) is 6.40. The van der Waals surface area contributed by atoms with E-state index in [9.17, 15) is 46.0 Å². The van der Waals surface area contributed by atoms with Gasteiger partial charge in [-0.3, -0.25) is 30.6 Å². The maximum absolute atomic E-state index is 14.2. The number of anilines is 1. The van der Waals surface area contributed by atoms with E-state index in [-0.39, 0.29) is 17.5 Å². The minimum Gasteiger partial charge on any atom is -0.367 e. The highest BCUT2D eigenvalue weighted by molar-refractivity contribution is 5.98. The van der Waals surface area contributed by atoms with E-state index in [2.05, 4.69) is 23.5 Å². The molecule has 0 aliphatic rings. The minimum atomic E-state index is -5.35. The van der Waals surface area contributed by atoms with Gasteiger partial charge in [-0.1, -0.05) is 56.3 Å². The van der Waals surface area contributed by atoms with Crippen molar-refractivity contribution < 1.29 is 45.6 Å². The van der Waals surface area contributed by atoms with Crippen molar-refractivity contribution in [2.24, 2.45) is 5.92 Å². The molecule has 0 saturated carbocycles. The number of rotatable bonds is 14. The molecular formula is C28H31F6N5O5. The van der Waals surface area contributed by atoms with Crippen molar-refractivity contribution in [1.29, 1.82) is 0 Å². The molecule has 0 saturated heterocycles. The molecule has 0 spiro atoms. The van der Waals surface area contributed by atoms with Crippen molar-refractivity contribution in [2.45, 2.75) is 63.7 Å². The first-order chi connectivity index (χ1) is 20.5. The number of pyridine rings is 1. The number of benzene rings is 1. The normalized spacial score (nSPS) is 13.8. The molecule has 3 N–H and O–H groups in total. The van der Waals surface area contributed by atoms with Crippen LogP contribution in [-0.2, 0) is 22.3 Å². The smallest absolute Gasteiger partial charge is 0.367 e. The van der Waals surface area contributed by atoms with E-state index in [1.165, 1.54) is 35.8 Å². The molecule has 1 heterocycles. The van der Waals surface area contributed by atoms with E-state index in [0.717, 1.165) is 6.08 Å². The molecule has 2 atom stereocenters. The molecule has 16 heteroatoms. The molecule has 44 heavy (non-hydrogen) atoms. The standard InChI is InChI=1S/C28H31F6N5O5/c1-5-7-13-20(17(3)4)35-23-19(27(29,30)31)15-21(39(42)43)22(36-23)24(40)37-38-25(41)26(14-6-2,28(32,33)34)44-16-18-11-9-8-10-12-18/h5-6,8-12,15,17,20H,1-2,7,13-14,16H2,3-4H3,(H,35,36)(H,37,40)(H,38,41)/t20?,26-/m1/s1. The van der Waals surface area contributed by atoms with Crippen molar-refractivity contribution in [3.63, 3.8) is 0 Å². The first-order valence-corrected chi connectivity index (χ1v) is 13.1. The first kappa shape index (κ1) is 35.7. The lowest BCUT2D eigenvalue weighted by molar-refractivity contribution is -0.385. The lowest BCUT2D eigenvalue weighted by atomic mass is 9.97. The van der Waals surface area contributed by atoms with Gasteiger partial charge in [0.05, 0.1) is 11.5 Å². The van der Waals surface area contributed by atoms with E-state index in [0.29, 0.717) is 12.8 Å². The van der Waals surface area contributed by atoms with Crippen LogP contribution in [0.4, 0.5) is 37.8 Å². The van der Waals surface area contributed by atoms with Gasteiger partial charge in [0.25, 0.3) is 11.8 Å². The summed E-state index contributed by atoms with van der Waals surface area (Å²) in [5.74, 6) is -4.77. The van der Waals surface area contributed by atoms with Crippen LogP contribution < -0.4 is 16.2 Å². The second kappa shape index (κ2) is 14.8. The van der Waals surface area contributed by atoms with Gasteiger partial charge in [-0.2, -0.15) is 26.3 Å². The van der Waals surface area contributed by atoms with Crippen LogP contribution >= 0.6 is 0 Å². The molecule has 0 aliphatic heterocycles. The van der Waals surface area contributed by atoms with Crippen LogP contribution in [-0.4, -0.2) is 39.5 Å². The number of nitrogens with one attached hydrogen (secondary N) is 3. The molecule has 10 nitrogen and oxygen atoms in total. The number of hydrazine groups is 1. The summed E-state index contributed by atoms with van der Waals surface area (Å²) in [5, 5.41) is 14.2. The lowest BCUT2D eigenvalue weighted by Gasteiger charge is -2.33. The van der Waals surface area contributed by atoms with Gasteiger partial charge in [0.1, 0.15) is 11.4 Å². The predicted molar refractivity (Wildman–Crippen MR) is 148 cm³/mol. The number of ether oxygens (including phenoxy) is 1. The van der Waals surface area contributed by atoms with Crippen molar-refractivity contribution in [3.8, 4) is 0 Å². The number of hydrogen-bond donors (Lipinski definition) is 3.